The van der Waals surface area contributed by atoms with Gasteiger partial charge >= 0.3 is 0 Å². The number of carbonyl (C=O) groups is 2. The molecule has 0 aliphatic rings. The van der Waals surface area contributed by atoms with Crippen LogP contribution in [0.15, 0.2) is 48.5 Å². The Morgan fingerprint density at radius 3 is 2.26 bits per heavy atom. The number of hydrogen-bond acceptors (Lipinski definition) is 4. The molecule has 0 atom stereocenters. The molecular formula is C19H15F2N3O2S. The van der Waals surface area contributed by atoms with Gasteiger partial charge in [-0.05, 0) is 36.8 Å². The number of para-hydroxylation sites is 1. The van der Waals surface area contributed by atoms with E-state index >= 15 is 0 Å². The van der Waals surface area contributed by atoms with E-state index in [4.69, 9.17) is 5.73 Å². The fourth-order valence-corrected chi connectivity index (χ4v) is 3.48. The van der Waals surface area contributed by atoms with E-state index in [2.05, 4.69) is 10.6 Å². The molecule has 0 aliphatic carbocycles. The summed E-state index contributed by atoms with van der Waals surface area (Å²) in [7, 11) is 0. The zero-order valence-corrected chi connectivity index (χ0v) is 15.0. The molecule has 1 heterocycles. The quantitative estimate of drug-likeness (QED) is 0.620. The van der Waals surface area contributed by atoms with Gasteiger partial charge in [0.2, 0.25) is 0 Å². The van der Waals surface area contributed by atoms with Gasteiger partial charge in [-0.3, -0.25) is 9.59 Å². The highest BCUT2D eigenvalue weighted by Gasteiger charge is 2.23. The van der Waals surface area contributed by atoms with Gasteiger partial charge in [-0.25, -0.2) is 8.78 Å². The van der Waals surface area contributed by atoms with E-state index in [0.717, 1.165) is 23.5 Å². The normalized spacial score (nSPS) is 10.5. The molecule has 0 fully saturated rings. The number of halogens is 2. The molecule has 3 aromatic rings. The van der Waals surface area contributed by atoms with Crippen LogP contribution in [0.2, 0.25) is 0 Å². The Balaban J connectivity index is 1.83. The number of thiophene rings is 1. The number of hydrogen-bond donors (Lipinski definition) is 3. The van der Waals surface area contributed by atoms with Crippen molar-refractivity contribution in [3.05, 3.63) is 76.2 Å². The molecule has 0 unspecified atom stereocenters. The average Bonchev–Trinajstić information content (AvgIpc) is 2.93. The third-order valence-corrected chi connectivity index (χ3v) is 4.94. The summed E-state index contributed by atoms with van der Waals surface area (Å²) >= 11 is 0.952. The van der Waals surface area contributed by atoms with Gasteiger partial charge in [-0.1, -0.05) is 18.2 Å². The fourth-order valence-electron chi connectivity index (χ4n) is 2.51. The Bertz CT molecular complexity index is 1020. The van der Waals surface area contributed by atoms with Crippen LogP contribution in [0.5, 0.6) is 0 Å². The second kappa shape index (κ2) is 7.55. The molecule has 1 aromatic heterocycles. The van der Waals surface area contributed by atoms with E-state index in [1.54, 1.807) is 31.2 Å². The number of nitrogen functional groups attached to an aromatic ring is 1. The average molecular weight is 387 g/mol. The lowest BCUT2D eigenvalue weighted by atomic mass is 10.1. The summed E-state index contributed by atoms with van der Waals surface area (Å²) in [5, 5.41) is 5.39. The zero-order valence-electron chi connectivity index (χ0n) is 14.2. The highest BCUT2D eigenvalue weighted by molar-refractivity contribution is 7.18. The zero-order chi connectivity index (χ0) is 19.6. The minimum absolute atomic E-state index is 0.0977. The number of nitrogens with one attached hydrogen (secondary N) is 2. The Hall–Kier alpha value is -3.26. The number of carbonyl (C=O) groups excluding carboxylic acids is 2. The predicted molar refractivity (Wildman–Crippen MR) is 102 cm³/mol. The SMILES string of the molecule is Cc1c(C(=O)Nc2ccc(F)c(F)c2)sc(N)c1C(=O)Nc1ccccc1. The maximum atomic E-state index is 13.3. The second-order valence-corrected chi connectivity index (χ2v) is 6.75. The van der Waals surface area contributed by atoms with Gasteiger partial charge in [0, 0.05) is 17.4 Å². The topological polar surface area (TPSA) is 84.2 Å². The van der Waals surface area contributed by atoms with Crippen LogP contribution in [0, 0.1) is 18.6 Å². The van der Waals surface area contributed by atoms with Gasteiger partial charge in [0.25, 0.3) is 11.8 Å². The van der Waals surface area contributed by atoms with Crippen molar-refractivity contribution in [2.24, 2.45) is 0 Å². The van der Waals surface area contributed by atoms with Crippen LogP contribution in [-0.4, -0.2) is 11.8 Å². The highest BCUT2D eigenvalue weighted by Crippen LogP contribution is 2.32. The van der Waals surface area contributed by atoms with Crippen molar-refractivity contribution < 1.29 is 18.4 Å². The standard InChI is InChI=1S/C19H15F2N3O2S/c1-10-15(18(25)23-11-5-3-2-4-6-11)17(22)27-16(10)19(26)24-12-7-8-13(20)14(21)9-12/h2-9H,22H2,1H3,(H,23,25)(H,24,26). The van der Waals surface area contributed by atoms with Gasteiger partial charge in [-0.2, -0.15) is 0 Å². The van der Waals surface area contributed by atoms with E-state index in [0.29, 0.717) is 11.3 Å². The number of nitrogens with two attached hydrogens (primary N) is 1. The molecule has 0 saturated heterocycles. The first-order valence-electron chi connectivity index (χ1n) is 7.88. The molecule has 0 radical (unpaired) electrons. The summed E-state index contributed by atoms with van der Waals surface area (Å²) in [6, 6.07) is 11.9. The molecule has 0 aliphatic heterocycles. The summed E-state index contributed by atoms with van der Waals surface area (Å²) in [5.41, 5.74) is 7.25. The minimum Gasteiger partial charge on any atom is -0.390 e. The molecule has 8 heteroatoms. The maximum Gasteiger partial charge on any atom is 0.266 e. The monoisotopic (exact) mass is 387 g/mol. The van der Waals surface area contributed by atoms with Crippen molar-refractivity contribution in [1.82, 2.24) is 0 Å². The van der Waals surface area contributed by atoms with Crippen molar-refractivity contribution in [2.75, 3.05) is 16.4 Å². The van der Waals surface area contributed by atoms with Crippen molar-refractivity contribution in [3.8, 4) is 0 Å². The predicted octanol–water partition coefficient (Wildman–Crippen LogP) is 4.42. The van der Waals surface area contributed by atoms with E-state index in [1.165, 1.54) is 6.07 Å². The van der Waals surface area contributed by atoms with Crippen molar-refractivity contribution in [1.29, 1.82) is 0 Å². The fraction of sp³-hybridized carbons (Fsp3) is 0.0526. The number of amides is 2. The molecule has 138 valence electrons. The summed E-state index contributed by atoms with van der Waals surface area (Å²) in [6.07, 6.45) is 0. The van der Waals surface area contributed by atoms with E-state index in [9.17, 15) is 18.4 Å². The first-order valence-corrected chi connectivity index (χ1v) is 8.70. The van der Waals surface area contributed by atoms with E-state index in [1.807, 2.05) is 6.07 Å². The third-order valence-electron chi connectivity index (χ3n) is 3.82. The first kappa shape index (κ1) is 18.5. The molecule has 27 heavy (non-hydrogen) atoms. The summed E-state index contributed by atoms with van der Waals surface area (Å²) in [6.45, 7) is 1.60. The van der Waals surface area contributed by atoms with Crippen molar-refractivity contribution in [3.63, 3.8) is 0 Å². The minimum atomic E-state index is -1.07. The van der Waals surface area contributed by atoms with Gasteiger partial charge in [0.15, 0.2) is 11.6 Å². The molecule has 0 spiro atoms. The molecule has 2 aromatic carbocycles. The first-order chi connectivity index (χ1) is 12.9. The Morgan fingerprint density at radius 1 is 0.926 bits per heavy atom. The van der Waals surface area contributed by atoms with Crippen molar-refractivity contribution in [2.45, 2.75) is 6.92 Å². The van der Waals surface area contributed by atoms with Gasteiger partial charge in [0.1, 0.15) is 0 Å². The lowest BCUT2D eigenvalue weighted by Gasteiger charge is -2.07. The second-order valence-electron chi connectivity index (χ2n) is 5.70. The Morgan fingerprint density at radius 2 is 1.59 bits per heavy atom. The Labute approximate surface area is 157 Å². The van der Waals surface area contributed by atoms with Crippen LogP contribution in [0.3, 0.4) is 0 Å². The smallest absolute Gasteiger partial charge is 0.266 e. The summed E-state index contributed by atoms with van der Waals surface area (Å²) in [5.74, 6) is -3.07. The lowest BCUT2D eigenvalue weighted by molar-refractivity contribution is 0.102. The molecule has 0 bridgehead atoms. The number of benzene rings is 2. The van der Waals surface area contributed by atoms with Crippen LogP contribution in [0.1, 0.15) is 25.6 Å². The van der Waals surface area contributed by atoms with E-state index < -0.39 is 23.4 Å². The van der Waals surface area contributed by atoms with Gasteiger partial charge in [-0.15, -0.1) is 11.3 Å². The molecule has 0 saturated carbocycles. The molecule has 2 amide bonds. The number of rotatable bonds is 4. The lowest BCUT2D eigenvalue weighted by Crippen LogP contribution is -2.15. The molecule has 5 nitrogen and oxygen atoms in total. The molecule has 4 N–H and O–H groups in total. The van der Waals surface area contributed by atoms with Gasteiger partial charge in [0.05, 0.1) is 15.4 Å². The van der Waals surface area contributed by atoms with Gasteiger partial charge < -0.3 is 16.4 Å². The largest absolute Gasteiger partial charge is 0.390 e. The van der Waals surface area contributed by atoms with Crippen LogP contribution in [0.25, 0.3) is 0 Å². The molecule has 3 rings (SSSR count). The van der Waals surface area contributed by atoms with Crippen molar-refractivity contribution >= 4 is 39.5 Å². The van der Waals surface area contributed by atoms with Crippen LogP contribution < -0.4 is 16.4 Å². The van der Waals surface area contributed by atoms with Crippen LogP contribution in [0.4, 0.5) is 25.2 Å². The number of anilines is 3. The van der Waals surface area contributed by atoms with E-state index in [-0.39, 0.29) is 21.1 Å². The Kier molecular flexibility index (Phi) is 5.18. The molecular weight excluding hydrogens is 372 g/mol. The summed E-state index contributed by atoms with van der Waals surface area (Å²) in [4.78, 5) is 25.2. The van der Waals surface area contributed by atoms with Crippen LogP contribution in [-0.2, 0) is 0 Å². The van der Waals surface area contributed by atoms with Crippen LogP contribution >= 0.6 is 11.3 Å². The third kappa shape index (κ3) is 3.95. The highest BCUT2D eigenvalue weighted by atomic mass is 32.1. The summed E-state index contributed by atoms with van der Waals surface area (Å²) < 4.78 is 26.3. The maximum absolute atomic E-state index is 13.3.